The van der Waals surface area contributed by atoms with Crippen molar-refractivity contribution in [1.29, 1.82) is 0 Å². The molecule has 7 nitrogen and oxygen atoms in total. The number of likely N-dealkylation sites (N-methyl/N-ethyl adjacent to an activating group) is 1. The molecule has 9 heteroatoms. The number of β-amino-alcohol motifs (C(OH)–C–C–N with tert-alkyl or cyclic N) is 1. The van der Waals surface area contributed by atoms with Gasteiger partial charge in [-0.2, -0.15) is 4.31 Å². The SMILES string of the molecule is CCc1cc(-c2ccc(CCC(=O)O)cc2)ccc1S(=O)(=O)N(C)CC(O)CNC(C)(C)CCCc1ccccc1Cl. The highest BCUT2D eigenvalue weighted by atomic mass is 35.5. The molecule has 42 heavy (non-hydrogen) atoms. The summed E-state index contributed by atoms with van der Waals surface area (Å²) in [6.07, 6.45) is 2.85. The lowest BCUT2D eigenvalue weighted by molar-refractivity contribution is -0.136. The number of aliphatic hydroxyl groups excluding tert-OH is 1. The third kappa shape index (κ3) is 9.64. The van der Waals surface area contributed by atoms with Gasteiger partial charge in [0.1, 0.15) is 0 Å². The van der Waals surface area contributed by atoms with Gasteiger partial charge in [-0.25, -0.2) is 8.42 Å². The molecule has 0 saturated carbocycles. The van der Waals surface area contributed by atoms with Crippen LogP contribution in [0.1, 0.15) is 56.7 Å². The Morgan fingerprint density at radius 2 is 1.67 bits per heavy atom. The summed E-state index contributed by atoms with van der Waals surface area (Å²) in [6.45, 7) is 6.30. The van der Waals surface area contributed by atoms with Crippen LogP contribution in [0.2, 0.25) is 5.02 Å². The molecular formula is C33H43ClN2O5S. The number of nitrogens with zero attached hydrogens (tertiary/aromatic N) is 1. The van der Waals surface area contributed by atoms with Crippen LogP contribution in [0.5, 0.6) is 0 Å². The van der Waals surface area contributed by atoms with Gasteiger partial charge in [-0.3, -0.25) is 4.79 Å². The third-order valence-corrected chi connectivity index (χ3v) is 9.83. The second-order valence-corrected chi connectivity index (χ2v) is 13.8. The van der Waals surface area contributed by atoms with E-state index in [1.54, 1.807) is 12.1 Å². The van der Waals surface area contributed by atoms with Crippen LogP contribution in [0, 0.1) is 0 Å². The topological polar surface area (TPSA) is 107 Å². The van der Waals surface area contributed by atoms with E-state index in [-0.39, 0.29) is 29.9 Å². The normalized spacial score (nSPS) is 12.9. The van der Waals surface area contributed by atoms with Gasteiger partial charge < -0.3 is 15.5 Å². The van der Waals surface area contributed by atoms with Crippen LogP contribution >= 0.6 is 11.6 Å². The van der Waals surface area contributed by atoms with Crippen LogP contribution in [-0.2, 0) is 34.1 Å². The fourth-order valence-electron chi connectivity index (χ4n) is 4.93. The summed E-state index contributed by atoms with van der Waals surface area (Å²) < 4.78 is 28.2. The van der Waals surface area contributed by atoms with Gasteiger partial charge >= 0.3 is 5.97 Å². The zero-order valence-electron chi connectivity index (χ0n) is 24.9. The zero-order chi connectivity index (χ0) is 30.9. The average Bonchev–Trinajstić information content (AvgIpc) is 2.96. The van der Waals surface area contributed by atoms with Crippen LogP contribution in [0.4, 0.5) is 0 Å². The average molecular weight is 615 g/mol. The van der Waals surface area contributed by atoms with E-state index in [1.165, 1.54) is 11.4 Å². The van der Waals surface area contributed by atoms with E-state index in [2.05, 4.69) is 19.2 Å². The lowest BCUT2D eigenvalue weighted by Crippen LogP contribution is -2.46. The molecule has 3 rings (SSSR count). The summed E-state index contributed by atoms with van der Waals surface area (Å²) in [7, 11) is -2.33. The minimum atomic E-state index is -3.82. The van der Waals surface area contributed by atoms with Crippen LogP contribution in [-0.4, -0.2) is 60.7 Å². The Balaban J connectivity index is 1.59. The minimum Gasteiger partial charge on any atom is -0.481 e. The highest BCUT2D eigenvalue weighted by molar-refractivity contribution is 7.89. The highest BCUT2D eigenvalue weighted by Gasteiger charge is 2.27. The van der Waals surface area contributed by atoms with Crippen LogP contribution in [0.15, 0.2) is 71.6 Å². The molecule has 3 N–H and O–H groups in total. The first-order valence-corrected chi connectivity index (χ1v) is 16.2. The molecule has 1 atom stereocenters. The molecule has 0 aliphatic heterocycles. The van der Waals surface area contributed by atoms with Crippen molar-refractivity contribution in [3.63, 3.8) is 0 Å². The number of aryl methyl sites for hydroxylation is 3. The molecule has 0 aromatic heterocycles. The Bertz CT molecular complexity index is 1440. The molecule has 3 aromatic rings. The van der Waals surface area contributed by atoms with E-state index in [4.69, 9.17) is 16.7 Å². The monoisotopic (exact) mass is 614 g/mol. The van der Waals surface area contributed by atoms with Gasteiger partial charge in [0.25, 0.3) is 0 Å². The number of aliphatic hydroxyl groups is 1. The Labute approximate surface area is 255 Å². The van der Waals surface area contributed by atoms with E-state index in [9.17, 15) is 18.3 Å². The molecule has 0 radical (unpaired) electrons. The first-order chi connectivity index (χ1) is 19.8. The molecule has 0 heterocycles. The predicted molar refractivity (Wildman–Crippen MR) is 170 cm³/mol. The second kappa shape index (κ2) is 15.1. The van der Waals surface area contributed by atoms with Gasteiger partial charge in [0.2, 0.25) is 10.0 Å². The molecule has 0 fully saturated rings. The molecule has 0 aliphatic carbocycles. The first kappa shape index (κ1) is 33.7. The Morgan fingerprint density at radius 3 is 2.31 bits per heavy atom. The van der Waals surface area contributed by atoms with Gasteiger partial charge in [-0.1, -0.05) is 67.1 Å². The predicted octanol–water partition coefficient (Wildman–Crippen LogP) is 5.96. The van der Waals surface area contributed by atoms with Crippen LogP contribution in [0.25, 0.3) is 11.1 Å². The Kier molecular flexibility index (Phi) is 12.1. The molecule has 1 unspecified atom stereocenters. The number of aliphatic carboxylic acids is 1. The summed E-state index contributed by atoms with van der Waals surface area (Å²) in [5, 5.41) is 23.8. The smallest absolute Gasteiger partial charge is 0.303 e. The van der Waals surface area contributed by atoms with Gasteiger partial charge in [0, 0.05) is 37.1 Å². The van der Waals surface area contributed by atoms with Crippen molar-refractivity contribution in [3.05, 3.63) is 88.4 Å². The number of carbonyl (C=O) groups is 1. The van der Waals surface area contributed by atoms with E-state index in [0.29, 0.717) is 18.4 Å². The maximum Gasteiger partial charge on any atom is 0.303 e. The number of sulfonamides is 1. The number of nitrogens with one attached hydrogen (secondary N) is 1. The standard InChI is InChI=1S/C33H43ClN2O5S/c1-5-25-21-28(26-15-12-24(13-16-26)14-19-32(38)39)17-18-31(25)42(40,41)36(4)23-29(37)22-35-33(2,3)20-8-10-27-9-6-7-11-30(27)34/h6-7,9,11-13,15-18,21,29,35,37H,5,8,10,14,19-20,22-23H2,1-4H3,(H,38,39). The fraction of sp³-hybridized carbons (Fsp3) is 0.424. The second-order valence-electron chi connectivity index (χ2n) is 11.4. The molecule has 228 valence electrons. The van der Waals surface area contributed by atoms with E-state index >= 15 is 0 Å². The quantitative estimate of drug-likeness (QED) is 0.184. The summed E-state index contributed by atoms with van der Waals surface area (Å²) in [5.41, 5.74) is 4.33. The molecule has 0 aliphatic rings. The maximum absolute atomic E-state index is 13.5. The Morgan fingerprint density at radius 1 is 1.00 bits per heavy atom. The van der Waals surface area contributed by atoms with Gasteiger partial charge in [-0.05, 0) is 92.0 Å². The summed E-state index contributed by atoms with van der Waals surface area (Å²) in [4.78, 5) is 11.1. The largest absolute Gasteiger partial charge is 0.481 e. The molecule has 3 aromatic carbocycles. The lowest BCUT2D eigenvalue weighted by Gasteiger charge is -2.29. The molecular weight excluding hydrogens is 572 g/mol. The Hall–Kier alpha value is -2.75. The van der Waals surface area contributed by atoms with Crippen LogP contribution < -0.4 is 5.32 Å². The molecule has 0 saturated heterocycles. The van der Waals surface area contributed by atoms with Gasteiger partial charge in [0.15, 0.2) is 0 Å². The number of carboxylic acids is 1. The van der Waals surface area contributed by atoms with Crippen LogP contribution in [0.3, 0.4) is 0 Å². The minimum absolute atomic E-state index is 0.0340. The van der Waals surface area contributed by atoms with Crippen molar-refractivity contribution in [2.75, 3.05) is 20.1 Å². The molecule has 0 bridgehead atoms. The first-order valence-electron chi connectivity index (χ1n) is 14.4. The highest BCUT2D eigenvalue weighted by Crippen LogP contribution is 2.28. The number of hydrogen-bond acceptors (Lipinski definition) is 5. The summed E-state index contributed by atoms with van der Waals surface area (Å²) >= 11 is 6.27. The lowest BCUT2D eigenvalue weighted by atomic mass is 9.95. The van der Waals surface area contributed by atoms with Gasteiger partial charge in [-0.15, -0.1) is 0 Å². The summed E-state index contributed by atoms with van der Waals surface area (Å²) in [6, 6.07) is 20.8. The van der Waals surface area contributed by atoms with Gasteiger partial charge in [0.05, 0.1) is 11.0 Å². The number of hydrogen-bond donors (Lipinski definition) is 3. The van der Waals surface area contributed by atoms with Crippen molar-refractivity contribution in [2.45, 2.75) is 75.8 Å². The number of carboxylic acid groups (broad SMARTS) is 1. The fourth-order valence-corrected chi connectivity index (χ4v) is 6.64. The van der Waals surface area contributed by atoms with E-state index in [1.807, 2.05) is 61.5 Å². The number of benzene rings is 3. The van der Waals surface area contributed by atoms with Crippen molar-refractivity contribution in [3.8, 4) is 11.1 Å². The van der Waals surface area contributed by atoms with E-state index < -0.39 is 22.1 Å². The number of halogens is 1. The van der Waals surface area contributed by atoms with Crippen molar-refractivity contribution >= 4 is 27.6 Å². The van der Waals surface area contributed by atoms with Crippen molar-refractivity contribution in [1.82, 2.24) is 9.62 Å². The number of rotatable bonds is 16. The molecule has 0 amide bonds. The third-order valence-electron chi connectivity index (χ3n) is 7.53. The maximum atomic E-state index is 13.5. The van der Waals surface area contributed by atoms with E-state index in [0.717, 1.165) is 46.5 Å². The summed E-state index contributed by atoms with van der Waals surface area (Å²) in [5.74, 6) is -0.832. The van der Waals surface area contributed by atoms with Crippen molar-refractivity contribution < 1.29 is 23.4 Å². The van der Waals surface area contributed by atoms with Crippen molar-refractivity contribution in [2.24, 2.45) is 0 Å². The zero-order valence-corrected chi connectivity index (χ0v) is 26.5. The molecule has 0 spiro atoms.